The number of amides is 3. The molecule has 1 atom stereocenters. The van der Waals surface area contributed by atoms with Crippen LogP contribution in [0.1, 0.15) is 22.8 Å². The van der Waals surface area contributed by atoms with Crippen LogP contribution >= 0.6 is 11.8 Å². The van der Waals surface area contributed by atoms with Crippen LogP contribution in [0, 0.1) is 0 Å². The molecule has 1 heterocycles. The zero-order valence-corrected chi connectivity index (χ0v) is 30.2. The summed E-state index contributed by atoms with van der Waals surface area (Å²) in [5.41, 5.74) is 4.24. The summed E-state index contributed by atoms with van der Waals surface area (Å²) in [5, 5.41) is 8.09. The molecule has 0 fully saturated rings. The highest BCUT2D eigenvalue weighted by molar-refractivity contribution is 8.00. The van der Waals surface area contributed by atoms with Gasteiger partial charge in [0.15, 0.2) is 17.1 Å². The third kappa shape index (κ3) is 8.86. The number of oxazole rings is 1. The highest BCUT2D eigenvalue weighted by Gasteiger charge is 2.19. The van der Waals surface area contributed by atoms with Crippen LogP contribution in [0.15, 0.2) is 130 Å². The SMILES string of the molecule is COc1cc(/C=C(/NC(=O)c2ccccc2)C(=O)Nc2cccc(SC(C)C(=O)Nc3ccc(-c4nc5ccccc5o4)cc3)c2)cc(OC)c1OC. The van der Waals surface area contributed by atoms with E-state index in [1.54, 1.807) is 79.7 Å². The van der Waals surface area contributed by atoms with Gasteiger partial charge in [-0.1, -0.05) is 36.4 Å². The lowest BCUT2D eigenvalue weighted by Crippen LogP contribution is -2.30. The number of benzene rings is 5. The van der Waals surface area contributed by atoms with E-state index in [1.165, 1.54) is 39.2 Å². The van der Waals surface area contributed by atoms with Gasteiger partial charge < -0.3 is 34.6 Å². The number of carbonyl (C=O) groups is 3. The zero-order chi connectivity index (χ0) is 37.3. The smallest absolute Gasteiger partial charge is 0.272 e. The van der Waals surface area contributed by atoms with E-state index < -0.39 is 17.1 Å². The van der Waals surface area contributed by atoms with Crippen molar-refractivity contribution in [3.63, 3.8) is 0 Å². The second-order valence-corrected chi connectivity index (χ2v) is 13.0. The van der Waals surface area contributed by atoms with E-state index in [2.05, 4.69) is 20.9 Å². The Kier molecular flexibility index (Phi) is 11.4. The molecule has 53 heavy (non-hydrogen) atoms. The molecule has 0 saturated carbocycles. The van der Waals surface area contributed by atoms with Crippen molar-refractivity contribution in [1.29, 1.82) is 0 Å². The van der Waals surface area contributed by atoms with E-state index in [0.29, 0.717) is 51.2 Å². The van der Waals surface area contributed by atoms with Crippen LogP contribution in [0.5, 0.6) is 17.2 Å². The van der Waals surface area contributed by atoms with Gasteiger partial charge >= 0.3 is 0 Å². The molecule has 0 saturated heterocycles. The minimum atomic E-state index is -0.572. The fraction of sp³-hybridized carbons (Fsp3) is 0.122. The lowest BCUT2D eigenvalue weighted by atomic mass is 10.1. The van der Waals surface area contributed by atoms with E-state index in [0.717, 1.165) is 16.0 Å². The summed E-state index contributed by atoms with van der Waals surface area (Å²) in [5.74, 6) is 0.416. The summed E-state index contributed by atoms with van der Waals surface area (Å²) >= 11 is 1.33. The van der Waals surface area contributed by atoms with Crippen molar-refractivity contribution in [1.82, 2.24) is 10.3 Å². The fourth-order valence-electron chi connectivity index (χ4n) is 5.33. The Hall–Kier alpha value is -6.53. The number of thioether (sulfide) groups is 1. The molecule has 6 rings (SSSR count). The van der Waals surface area contributed by atoms with Crippen molar-refractivity contribution in [2.24, 2.45) is 0 Å². The quantitative estimate of drug-likeness (QED) is 0.0796. The number of methoxy groups -OCH3 is 3. The Morgan fingerprint density at radius 1 is 0.755 bits per heavy atom. The largest absolute Gasteiger partial charge is 0.493 e. The lowest BCUT2D eigenvalue weighted by molar-refractivity contribution is -0.115. The van der Waals surface area contributed by atoms with Crippen molar-refractivity contribution in [2.45, 2.75) is 17.1 Å². The van der Waals surface area contributed by atoms with E-state index in [9.17, 15) is 14.4 Å². The first-order chi connectivity index (χ1) is 25.7. The van der Waals surface area contributed by atoms with Gasteiger partial charge in [-0.3, -0.25) is 14.4 Å². The molecule has 3 amide bonds. The van der Waals surface area contributed by atoms with Crippen LogP contribution in [0.3, 0.4) is 0 Å². The van der Waals surface area contributed by atoms with E-state index in [1.807, 2.05) is 42.5 Å². The Morgan fingerprint density at radius 2 is 1.45 bits per heavy atom. The number of hydrogen-bond donors (Lipinski definition) is 3. The monoisotopic (exact) mass is 728 g/mol. The van der Waals surface area contributed by atoms with Crippen molar-refractivity contribution >= 4 is 58.0 Å². The molecule has 0 spiro atoms. The molecule has 1 aromatic heterocycles. The molecular weight excluding hydrogens is 693 g/mol. The standard InChI is InChI=1S/C41H36N4O7S/c1-25(38(46)42-29-19-17-28(18-20-29)41-45-32-15-8-9-16-34(32)52-41)53-31-14-10-13-30(24-31)43-40(48)33(44-39(47)27-11-6-5-7-12-27)21-26-22-35(49-2)37(51-4)36(23-26)50-3/h5-25H,1-4H3,(H,42,46)(H,43,48)(H,44,47)/b33-21+. The number of aromatic nitrogens is 1. The van der Waals surface area contributed by atoms with Gasteiger partial charge in [0.1, 0.15) is 11.2 Å². The first-order valence-electron chi connectivity index (χ1n) is 16.5. The van der Waals surface area contributed by atoms with Crippen LogP contribution in [0.25, 0.3) is 28.6 Å². The first-order valence-corrected chi connectivity index (χ1v) is 17.4. The van der Waals surface area contributed by atoms with Gasteiger partial charge in [0.25, 0.3) is 11.8 Å². The minimum absolute atomic E-state index is 0.0268. The summed E-state index contributed by atoms with van der Waals surface area (Å²) in [6.45, 7) is 1.80. The third-order valence-corrected chi connectivity index (χ3v) is 9.09. The van der Waals surface area contributed by atoms with Crippen molar-refractivity contribution in [2.75, 3.05) is 32.0 Å². The molecule has 3 N–H and O–H groups in total. The third-order valence-electron chi connectivity index (χ3n) is 7.99. The van der Waals surface area contributed by atoms with Gasteiger partial charge in [-0.2, -0.15) is 0 Å². The van der Waals surface area contributed by atoms with Crippen LogP contribution in [-0.4, -0.2) is 49.3 Å². The minimum Gasteiger partial charge on any atom is -0.493 e. The Balaban J connectivity index is 1.15. The predicted molar refractivity (Wildman–Crippen MR) is 206 cm³/mol. The molecule has 0 bridgehead atoms. The summed E-state index contributed by atoms with van der Waals surface area (Å²) in [6.07, 6.45) is 1.52. The molecular formula is C41H36N4O7S. The van der Waals surface area contributed by atoms with Crippen molar-refractivity contribution in [3.05, 3.63) is 132 Å². The molecule has 0 aliphatic carbocycles. The average molecular weight is 729 g/mol. The second-order valence-electron chi connectivity index (χ2n) is 11.6. The molecule has 6 aromatic rings. The Bertz CT molecular complexity index is 2230. The number of nitrogens with zero attached hydrogens (tertiary/aromatic N) is 1. The zero-order valence-electron chi connectivity index (χ0n) is 29.3. The van der Waals surface area contributed by atoms with Gasteiger partial charge in [-0.15, -0.1) is 11.8 Å². The number of para-hydroxylation sites is 2. The topological polar surface area (TPSA) is 141 Å². The highest BCUT2D eigenvalue weighted by Crippen LogP contribution is 2.39. The van der Waals surface area contributed by atoms with E-state index in [-0.39, 0.29) is 11.6 Å². The summed E-state index contributed by atoms with van der Waals surface area (Å²) in [4.78, 5) is 45.4. The maximum atomic E-state index is 13.8. The number of anilines is 2. The number of ether oxygens (including phenoxy) is 3. The molecule has 12 heteroatoms. The maximum Gasteiger partial charge on any atom is 0.272 e. The molecule has 0 radical (unpaired) electrons. The van der Waals surface area contributed by atoms with Crippen molar-refractivity contribution < 1.29 is 33.0 Å². The van der Waals surface area contributed by atoms with Gasteiger partial charge in [-0.25, -0.2) is 4.98 Å². The number of fused-ring (bicyclic) bond motifs is 1. The molecule has 5 aromatic carbocycles. The van der Waals surface area contributed by atoms with Gasteiger partial charge in [0, 0.05) is 27.4 Å². The fourth-order valence-corrected chi connectivity index (χ4v) is 6.26. The van der Waals surface area contributed by atoms with Gasteiger partial charge in [0.05, 0.1) is 26.6 Å². The summed E-state index contributed by atoms with van der Waals surface area (Å²) in [7, 11) is 4.48. The molecule has 0 aliphatic heterocycles. The first kappa shape index (κ1) is 36.3. The molecule has 0 aliphatic rings. The predicted octanol–water partition coefficient (Wildman–Crippen LogP) is 8.05. The molecule has 268 valence electrons. The van der Waals surface area contributed by atoms with Gasteiger partial charge in [0.2, 0.25) is 17.5 Å². The number of carbonyl (C=O) groups excluding carboxylic acids is 3. The Labute approximate surface area is 310 Å². The van der Waals surface area contributed by atoms with E-state index >= 15 is 0 Å². The molecule has 1 unspecified atom stereocenters. The van der Waals surface area contributed by atoms with Crippen LogP contribution < -0.4 is 30.2 Å². The number of nitrogens with one attached hydrogen (secondary N) is 3. The average Bonchev–Trinajstić information content (AvgIpc) is 3.62. The Morgan fingerprint density at radius 3 is 2.13 bits per heavy atom. The normalized spacial score (nSPS) is 11.7. The summed E-state index contributed by atoms with van der Waals surface area (Å²) < 4.78 is 22.2. The lowest BCUT2D eigenvalue weighted by Gasteiger charge is -2.15. The summed E-state index contributed by atoms with van der Waals surface area (Å²) in [6, 6.07) is 33.9. The number of hydrogen-bond acceptors (Lipinski definition) is 9. The van der Waals surface area contributed by atoms with Crippen LogP contribution in [-0.2, 0) is 9.59 Å². The van der Waals surface area contributed by atoms with Crippen LogP contribution in [0.2, 0.25) is 0 Å². The molecule has 11 nitrogen and oxygen atoms in total. The maximum absolute atomic E-state index is 13.8. The van der Waals surface area contributed by atoms with Gasteiger partial charge in [-0.05, 0) is 97.4 Å². The van der Waals surface area contributed by atoms with Crippen LogP contribution in [0.4, 0.5) is 11.4 Å². The van der Waals surface area contributed by atoms with E-state index in [4.69, 9.17) is 18.6 Å². The number of rotatable bonds is 13. The highest BCUT2D eigenvalue weighted by atomic mass is 32.2. The van der Waals surface area contributed by atoms with Crippen molar-refractivity contribution in [3.8, 4) is 28.7 Å². The second kappa shape index (κ2) is 16.7.